The zero-order chi connectivity index (χ0) is 14.4. The second kappa shape index (κ2) is 7.27. The van der Waals surface area contributed by atoms with Crippen molar-refractivity contribution in [1.29, 1.82) is 0 Å². The number of nitrogens with one attached hydrogen (secondary N) is 2. The Morgan fingerprint density at radius 3 is 2.80 bits per heavy atom. The maximum absolute atomic E-state index is 12.2. The van der Waals surface area contributed by atoms with Gasteiger partial charge < -0.3 is 10.6 Å². The molecule has 1 heterocycles. The monoisotopic (exact) mass is 275 g/mol. The van der Waals surface area contributed by atoms with Crippen molar-refractivity contribution in [3.05, 3.63) is 23.5 Å². The van der Waals surface area contributed by atoms with Crippen LogP contribution in [0, 0.1) is 12.8 Å². The van der Waals surface area contributed by atoms with Crippen LogP contribution < -0.4 is 10.6 Å². The van der Waals surface area contributed by atoms with Crippen molar-refractivity contribution >= 4 is 11.6 Å². The van der Waals surface area contributed by atoms with Gasteiger partial charge in [-0.15, -0.1) is 0 Å². The molecule has 1 aromatic heterocycles. The molecule has 1 aliphatic carbocycles. The quantitative estimate of drug-likeness (QED) is 0.868. The summed E-state index contributed by atoms with van der Waals surface area (Å²) in [5.74, 6) is 0.765. The lowest BCUT2D eigenvalue weighted by molar-refractivity contribution is 0.0951. The first kappa shape index (κ1) is 14.8. The fourth-order valence-electron chi connectivity index (χ4n) is 2.91. The van der Waals surface area contributed by atoms with Crippen molar-refractivity contribution in [3.8, 4) is 0 Å². The van der Waals surface area contributed by atoms with Crippen LogP contribution in [0.15, 0.2) is 12.3 Å². The number of anilines is 1. The van der Waals surface area contributed by atoms with Gasteiger partial charge in [0.1, 0.15) is 0 Å². The van der Waals surface area contributed by atoms with Crippen molar-refractivity contribution < 1.29 is 4.79 Å². The van der Waals surface area contributed by atoms with E-state index in [4.69, 9.17) is 0 Å². The van der Waals surface area contributed by atoms with Crippen LogP contribution >= 0.6 is 0 Å². The van der Waals surface area contributed by atoms with E-state index in [1.165, 1.54) is 32.1 Å². The number of carbonyl (C=O) groups excluding carboxylic acids is 1. The van der Waals surface area contributed by atoms with Gasteiger partial charge in [-0.25, -0.2) is 0 Å². The van der Waals surface area contributed by atoms with Gasteiger partial charge in [0, 0.05) is 25.5 Å². The molecule has 1 saturated carbocycles. The Kier molecular flexibility index (Phi) is 5.39. The normalized spacial score (nSPS) is 15.9. The Labute approximate surface area is 121 Å². The molecule has 1 aliphatic rings. The van der Waals surface area contributed by atoms with Gasteiger partial charge in [-0.2, -0.15) is 0 Å². The predicted octanol–water partition coefficient (Wildman–Crippen LogP) is 3.13. The van der Waals surface area contributed by atoms with Gasteiger partial charge in [0.05, 0.1) is 11.3 Å². The largest absolute Gasteiger partial charge is 0.387 e. The molecular formula is C16H25N3O. The van der Waals surface area contributed by atoms with Crippen molar-refractivity contribution in [2.75, 3.05) is 18.9 Å². The van der Waals surface area contributed by atoms with Crippen LogP contribution in [0.5, 0.6) is 0 Å². The highest BCUT2D eigenvalue weighted by Gasteiger charge is 2.15. The molecule has 2 N–H and O–H groups in total. The van der Waals surface area contributed by atoms with Gasteiger partial charge in [0.2, 0.25) is 0 Å². The van der Waals surface area contributed by atoms with E-state index in [-0.39, 0.29) is 5.91 Å². The number of carbonyl (C=O) groups is 1. The molecule has 2 rings (SSSR count). The van der Waals surface area contributed by atoms with E-state index in [0.717, 1.165) is 30.3 Å². The molecule has 0 spiro atoms. The number of hydrogen-bond acceptors (Lipinski definition) is 3. The van der Waals surface area contributed by atoms with E-state index in [1.54, 1.807) is 6.20 Å². The number of amides is 1. The molecule has 4 nitrogen and oxygen atoms in total. The Morgan fingerprint density at radius 2 is 2.10 bits per heavy atom. The molecular weight excluding hydrogens is 250 g/mol. The Bertz CT molecular complexity index is 453. The van der Waals surface area contributed by atoms with Gasteiger partial charge in [-0.3, -0.25) is 9.78 Å². The highest BCUT2D eigenvalue weighted by atomic mass is 16.1. The fourth-order valence-corrected chi connectivity index (χ4v) is 2.91. The minimum atomic E-state index is -0.0299. The van der Waals surface area contributed by atoms with Crippen molar-refractivity contribution in [1.82, 2.24) is 10.3 Å². The lowest BCUT2D eigenvalue weighted by atomic mass is 9.87. The van der Waals surface area contributed by atoms with Crippen LogP contribution in [0.4, 0.5) is 5.69 Å². The number of nitrogens with zero attached hydrogens (tertiary/aromatic N) is 1. The summed E-state index contributed by atoms with van der Waals surface area (Å²) in [4.78, 5) is 16.4. The van der Waals surface area contributed by atoms with Crippen LogP contribution in [0.1, 0.15) is 54.6 Å². The number of pyridine rings is 1. The van der Waals surface area contributed by atoms with Crippen molar-refractivity contribution in [2.45, 2.75) is 45.4 Å². The molecule has 0 aromatic carbocycles. The average molecular weight is 275 g/mol. The zero-order valence-corrected chi connectivity index (χ0v) is 12.5. The van der Waals surface area contributed by atoms with Crippen molar-refractivity contribution in [2.24, 2.45) is 5.92 Å². The third-order valence-electron chi connectivity index (χ3n) is 4.12. The van der Waals surface area contributed by atoms with E-state index in [9.17, 15) is 4.79 Å². The van der Waals surface area contributed by atoms with Gasteiger partial charge in [-0.1, -0.05) is 32.1 Å². The topological polar surface area (TPSA) is 54.0 Å². The molecule has 1 fully saturated rings. The molecule has 4 heteroatoms. The molecule has 0 bridgehead atoms. The summed E-state index contributed by atoms with van der Waals surface area (Å²) in [5.41, 5.74) is 2.38. The first-order valence-corrected chi connectivity index (χ1v) is 7.63. The average Bonchev–Trinajstić information content (AvgIpc) is 2.48. The Morgan fingerprint density at radius 1 is 1.35 bits per heavy atom. The number of aryl methyl sites for hydroxylation is 1. The third kappa shape index (κ3) is 3.95. The smallest absolute Gasteiger partial charge is 0.254 e. The summed E-state index contributed by atoms with van der Waals surface area (Å²) in [6.07, 6.45) is 9.47. The molecule has 110 valence electrons. The van der Waals surface area contributed by atoms with E-state index < -0.39 is 0 Å². The molecule has 1 amide bonds. The predicted molar refractivity (Wildman–Crippen MR) is 82.0 cm³/mol. The van der Waals surface area contributed by atoms with E-state index >= 15 is 0 Å². The third-order valence-corrected chi connectivity index (χ3v) is 4.12. The Hall–Kier alpha value is -1.58. The number of rotatable bonds is 5. The summed E-state index contributed by atoms with van der Waals surface area (Å²) < 4.78 is 0. The second-order valence-electron chi connectivity index (χ2n) is 5.67. The zero-order valence-electron chi connectivity index (χ0n) is 12.5. The maximum atomic E-state index is 12.2. The molecule has 1 aromatic rings. The SMILES string of the molecule is CNc1cc(C)ncc1C(=O)NCCC1CCCCC1. The summed E-state index contributed by atoms with van der Waals surface area (Å²) >= 11 is 0. The van der Waals surface area contributed by atoms with E-state index in [1.807, 2.05) is 20.0 Å². The minimum Gasteiger partial charge on any atom is -0.387 e. The lowest BCUT2D eigenvalue weighted by Crippen LogP contribution is -2.27. The molecule has 20 heavy (non-hydrogen) atoms. The van der Waals surface area contributed by atoms with Gasteiger partial charge in [0.25, 0.3) is 5.91 Å². The minimum absolute atomic E-state index is 0.0299. The summed E-state index contributed by atoms with van der Waals surface area (Å²) in [6, 6.07) is 1.90. The first-order valence-electron chi connectivity index (χ1n) is 7.63. The fraction of sp³-hybridized carbons (Fsp3) is 0.625. The molecule has 0 radical (unpaired) electrons. The second-order valence-corrected chi connectivity index (χ2v) is 5.67. The van der Waals surface area contributed by atoms with Crippen LogP contribution in [0.25, 0.3) is 0 Å². The molecule has 0 saturated heterocycles. The first-order chi connectivity index (χ1) is 9.70. The van der Waals surface area contributed by atoms with Gasteiger partial charge in [-0.05, 0) is 25.3 Å². The van der Waals surface area contributed by atoms with Gasteiger partial charge >= 0.3 is 0 Å². The van der Waals surface area contributed by atoms with Crippen LogP contribution in [-0.2, 0) is 0 Å². The molecule has 0 unspecified atom stereocenters. The van der Waals surface area contributed by atoms with Gasteiger partial charge in [0.15, 0.2) is 0 Å². The maximum Gasteiger partial charge on any atom is 0.254 e. The van der Waals surface area contributed by atoms with Crippen LogP contribution in [0.2, 0.25) is 0 Å². The Balaban J connectivity index is 1.85. The molecule has 0 atom stereocenters. The highest BCUT2D eigenvalue weighted by Crippen LogP contribution is 2.25. The highest BCUT2D eigenvalue weighted by molar-refractivity contribution is 5.99. The van der Waals surface area contributed by atoms with E-state index in [0.29, 0.717) is 5.56 Å². The van der Waals surface area contributed by atoms with E-state index in [2.05, 4.69) is 15.6 Å². The van der Waals surface area contributed by atoms with Crippen molar-refractivity contribution in [3.63, 3.8) is 0 Å². The standard InChI is InChI=1S/C16H25N3O/c1-12-10-15(17-2)14(11-19-12)16(20)18-9-8-13-6-4-3-5-7-13/h10-11,13H,3-9H2,1-2H3,(H,17,19)(H,18,20). The van der Waals surface area contributed by atoms with Crippen LogP contribution in [0.3, 0.4) is 0 Å². The molecule has 0 aliphatic heterocycles. The lowest BCUT2D eigenvalue weighted by Gasteiger charge is -2.21. The summed E-state index contributed by atoms with van der Waals surface area (Å²) in [5, 5.41) is 6.08. The summed E-state index contributed by atoms with van der Waals surface area (Å²) in [6.45, 7) is 2.69. The number of hydrogen-bond donors (Lipinski definition) is 2. The number of aromatic nitrogens is 1. The van der Waals surface area contributed by atoms with Crippen LogP contribution in [-0.4, -0.2) is 24.5 Å². The summed E-state index contributed by atoms with van der Waals surface area (Å²) in [7, 11) is 1.83.